The summed E-state index contributed by atoms with van der Waals surface area (Å²) in [6.07, 6.45) is 7.46. The molecule has 0 fully saturated rings. The molecule has 0 N–H and O–H groups in total. The molecule has 0 unspecified atom stereocenters. The van der Waals surface area contributed by atoms with Crippen LogP contribution in [0.3, 0.4) is 0 Å². The number of rotatable bonds is 9. The molecule has 5 rings (SSSR count). The number of hydrogen-bond donors (Lipinski definition) is 0. The van der Waals surface area contributed by atoms with Crippen LogP contribution in [0, 0.1) is 0 Å². The summed E-state index contributed by atoms with van der Waals surface area (Å²) in [5, 5.41) is 0. The minimum atomic E-state index is -0.124. The smallest absolute Gasteiger partial charge is 0.175 e. The van der Waals surface area contributed by atoms with E-state index >= 15 is 0 Å². The van der Waals surface area contributed by atoms with Crippen molar-refractivity contribution in [3.63, 3.8) is 0 Å². The Morgan fingerprint density at radius 1 is 0.457 bits per heavy atom. The van der Waals surface area contributed by atoms with E-state index < -0.39 is 0 Å². The minimum Gasteiger partial charge on any atom is -0.297 e. The summed E-state index contributed by atoms with van der Waals surface area (Å²) in [5.74, 6) is 0. The van der Waals surface area contributed by atoms with Crippen molar-refractivity contribution in [2.75, 3.05) is 0 Å². The lowest BCUT2D eigenvalue weighted by atomic mass is 9.99. The number of quaternary nitrogens is 1. The van der Waals surface area contributed by atoms with Gasteiger partial charge in [-0.1, -0.05) is 54.6 Å². The molecular weight excluding hydrogens is 430 g/mol. The van der Waals surface area contributed by atoms with Crippen molar-refractivity contribution in [1.82, 2.24) is 19.9 Å². The molecule has 0 radical (unpaired) electrons. The molecule has 5 nitrogen and oxygen atoms in total. The monoisotopic (exact) mass is 458 g/mol. The zero-order chi connectivity index (χ0) is 23.8. The molecule has 0 aliphatic carbocycles. The molecule has 0 bridgehead atoms. The van der Waals surface area contributed by atoms with Gasteiger partial charge in [0.1, 0.15) is 31.0 Å². The van der Waals surface area contributed by atoms with E-state index in [9.17, 15) is 0 Å². The average Bonchev–Trinajstić information content (AvgIpc) is 2.92. The zero-order valence-electron chi connectivity index (χ0n) is 19.6. The van der Waals surface area contributed by atoms with Gasteiger partial charge in [0.25, 0.3) is 0 Å². The van der Waals surface area contributed by atoms with Crippen LogP contribution in [0.5, 0.6) is 0 Å². The maximum atomic E-state index is 4.85. The second-order valence-corrected chi connectivity index (χ2v) is 8.73. The van der Waals surface area contributed by atoms with Crippen molar-refractivity contribution in [2.24, 2.45) is 0 Å². The molecule has 0 aliphatic heterocycles. The highest BCUT2D eigenvalue weighted by atomic mass is 15.4. The van der Waals surface area contributed by atoms with E-state index in [4.69, 9.17) is 19.9 Å². The first kappa shape index (κ1) is 22.6. The van der Waals surface area contributed by atoms with Gasteiger partial charge in [0.05, 0.1) is 11.4 Å². The molecule has 0 atom stereocenters. The Bertz CT molecular complexity index is 1160. The number of nitrogens with zero attached hydrogens (tertiary/aromatic N) is 5. The maximum absolute atomic E-state index is 4.85. The van der Waals surface area contributed by atoms with E-state index in [1.54, 1.807) is 0 Å². The Balaban J connectivity index is 1.74. The van der Waals surface area contributed by atoms with Crippen molar-refractivity contribution in [3.8, 4) is 0 Å². The average molecular weight is 459 g/mol. The van der Waals surface area contributed by atoms with E-state index in [1.165, 1.54) is 5.56 Å². The standard InChI is InChI=1S/C30H28N5/c1-2-12-25(13-3-1)22-35(23-26-14-4-8-18-31-26,24-27-15-5-9-19-32-27)30(28-16-6-10-20-33-28)29-17-7-11-21-34-29/h1-21,30H,22-24H2/q+1. The van der Waals surface area contributed by atoms with Crippen molar-refractivity contribution < 1.29 is 4.48 Å². The molecule has 5 aromatic rings. The SMILES string of the molecule is c1ccc(C[N+](Cc2ccccn2)(Cc2ccccn2)C(c2ccccn2)c2ccccn2)cc1. The maximum Gasteiger partial charge on any atom is 0.175 e. The van der Waals surface area contributed by atoms with Crippen LogP contribution in [0.25, 0.3) is 0 Å². The predicted molar refractivity (Wildman–Crippen MR) is 137 cm³/mol. The normalized spacial score (nSPS) is 11.5. The van der Waals surface area contributed by atoms with E-state index in [1.807, 2.05) is 49.1 Å². The molecule has 4 heterocycles. The highest BCUT2D eigenvalue weighted by molar-refractivity contribution is 5.22. The van der Waals surface area contributed by atoms with Crippen LogP contribution in [0.15, 0.2) is 128 Å². The van der Waals surface area contributed by atoms with Gasteiger partial charge >= 0.3 is 0 Å². The van der Waals surface area contributed by atoms with Gasteiger partial charge in [0.2, 0.25) is 0 Å². The first-order chi connectivity index (χ1) is 17.3. The summed E-state index contributed by atoms with van der Waals surface area (Å²) < 4.78 is 0.617. The molecule has 4 aromatic heterocycles. The first-order valence-electron chi connectivity index (χ1n) is 11.8. The van der Waals surface area contributed by atoms with Crippen LogP contribution in [0.2, 0.25) is 0 Å². The van der Waals surface area contributed by atoms with Crippen LogP contribution in [0.4, 0.5) is 0 Å². The molecule has 35 heavy (non-hydrogen) atoms. The van der Waals surface area contributed by atoms with E-state index in [-0.39, 0.29) is 6.04 Å². The zero-order valence-corrected chi connectivity index (χ0v) is 19.6. The quantitative estimate of drug-likeness (QED) is 0.263. The van der Waals surface area contributed by atoms with E-state index in [2.05, 4.69) is 78.9 Å². The van der Waals surface area contributed by atoms with Gasteiger partial charge < -0.3 is 0 Å². The Hall–Kier alpha value is -4.22. The molecule has 1 aromatic carbocycles. The Kier molecular flexibility index (Phi) is 6.97. The molecule has 0 spiro atoms. The van der Waals surface area contributed by atoms with Crippen molar-refractivity contribution in [1.29, 1.82) is 0 Å². The minimum absolute atomic E-state index is 0.124. The molecule has 172 valence electrons. The van der Waals surface area contributed by atoms with Crippen molar-refractivity contribution in [3.05, 3.63) is 156 Å². The number of aromatic nitrogens is 4. The van der Waals surface area contributed by atoms with Crippen LogP contribution >= 0.6 is 0 Å². The van der Waals surface area contributed by atoms with Crippen LogP contribution in [-0.4, -0.2) is 24.4 Å². The fourth-order valence-corrected chi connectivity index (χ4v) is 4.81. The molecule has 0 saturated heterocycles. The van der Waals surface area contributed by atoms with Gasteiger partial charge in [-0.15, -0.1) is 0 Å². The lowest BCUT2D eigenvalue weighted by Gasteiger charge is -2.44. The van der Waals surface area contributed by atoms with E-state index in [0.29, 0.717) is 17.6 Å². The largest absolute Gasteiger partial charge is 0.297 e. The van der Waals surface area contributed by atoms with Crippen LogP contribution in [0.1, 0.15) is 34.4 Å². The summed E-state index contributed by atoms with van der Waals surface area (Å²) in [4.78, 5) is 19.2. The highest BCUT2D eigenvalue weighted by Gasteiger charge is 2.42. The molecule has 5 heteroatoms. The summed E-state index contributed by atoms with van der Waals surface area (Å²) in [6.45, 7) is 2.17. The predicted octanol–water partition coefficient (Wildman–Crippen LogP) is 5.77. The van der Waals surface area contributed by atoms with Gasteiger partial charge in [0.15, 0.2) is 6.04 Å². The molecule has 0 aliphatic rings. The third-order valence-electron chi connectivity index (χ3n) is 6.23. The lowest BCUT2D eigenvalue weighted by Crippen LogP contribution is -2.50. The van der Waals surface area contributed by atoms with Gasteiger partial charge in [-0.2, -0.15) is 0 Å². The first-order valence-corrected chi connectivity index (χ1v) is 11.8. The lowest BCUT2D eigenvalue weighted by molar-refractivity contribution is -0.989. The fourth-order valence-electron chi connectivity index (χ4n) is 4.81. The third kappa shape index (κ3) is 5.48. The number of pyridine rings is 4. The second kappa shape index (κ2) is 10.8. The van der Waals surface area contributed by atoms with E-state index in [0.717, 1.165) is 29.3 Å². The molecular formula is C30H28N5+. The molecule has 0 amide bonds. The third-order valence-corrected chi connectivity index (χ3v) is 6.23. The summed E-state index contributed by atoms with van der Waals surface area (Å²) in [7, 11) is 0. The fraction of sp³-hybridized carbons (Fsp3) is 0.133. The Morgan fingerprint density at radius 3 is 1.34 bits per heavy atom. The summed E-state index contributed by atoms with van der Waals surface area (Å²) in [5.41, 5.74) is 5.26. The van der Waals surface area contributed by atoms with Crippen molar-refractivity contribution >= 4 is 0 Å². The van der Waals surface area contributed by atoms with Crippen molar-refractivity contribution in [2.45, 2.75) is 25.7 Å². The Morgan fingerprint density at radius 2 is 0.914 bits per heavy atom. The van der Waals surface area contributed by atoms with Gasteiger partial charge in [-0.25, -0.2) is 0 Å². The Labute approximate surface area is 206 Å². The van der Waals surface area contributed by atoms with Gasteiger partial charge in [-0.3, -0.25) is 24.4 Å². The highest BCUT2D eigenvalue weighted by Crippen LogP contribution is 2.39. The number of hydrogen-bond acceptors (Lipinski definition) is 4. The number of benzene rings is 1. The summed E-state index contributed by atoms with van der Waals surface area (Å²) >= 11 is 0. The molecule has 0 saturated carbocycles. The van der Waals surface area contributed by atoms with Crippen LogP contribution < -0.4 is 0 Å². The summed E-state index contributed by atoms with van der Waals surface area (Å²) in [6, 6.07) is 35.0. The van der Waals surface area contributed by atoms with Gasteiger partial charge in [-0.05, 0) is 48.5 Å². The second-order valence-electron chi connectivity index (χ2n) is 8.73. The van der Waals surface area contributed by atoms with Gasteiger partial charge in [0, 0.05) is 30.4 Å². The topological polar surface area (TPSA) is 51.6 Å². The van der Waals surface area contributed by atoms with Crippen LogP contribution in [-0.2, 0) is 19.6 Å².